The summed E-state index contributed by atoms with van der Waals surface area (Å²) in [6, 6.07) is 7.32. The van der Waals surface area contributed by atoms with E-state index in [0.717, 1.165) is 0 Å². The summed E-state index contributed by atoms with van der Waals surface area (Å²) in [5.41, 5.74) is -0.151. The smallest absolute Gasteiger partial charge is 0.387 e. The largest absolute Gasteiger partial charge is 0.442 e. The molecule has 0 saturated heterocycles. The number of nitriles is 1. The lowest BCUT2D eigenvalue weighted by Crippen LogP contribution is -2.14. The third kappa shape index (κ3) is 4.62. The Morgan fingerprint density at radius 2 is 2.08 bits per heavy atom. The van der Waals surface area contributed by atoms with E-state index >= 15 is 0 Å². The molecular weight excluding hydrogens is 375 g/mol. The summed E-state index contributed by atoms with van der Waals surface area (Å²) in [5.74, 6) is -1.38. The van der Waals surface area contributed by atoms with Gasteiger partial charge in [0.25, 0.3) is 0 Å². The van der Waals surface area contributed by atoms with Crippen LogP contribution in [0.5, 0.6) is 5.75 Å². The summed E-state index contributed by atoms with van der Waals surface area (Å²) in [6.45, 7) is 0.725. The zero-order valence-corrected chi connectivity index (χ0v) is 14.9. The van der Waals surface area contributed by atoms with Crippen molar-refractivity contribution in [1.82, 2.24) is 0 Å². The van der Waals surface area contributed by atoms with Crippen LogP contribution in [-0.2, 0) is 9.53 Å². The number of alkyl halides is 2. The number of carbonyl (C=O) groups excluding carboxylic acids is 1. The molecule has 134 valence electrons. The normalized spacial score (nSPS) is 21.8. The lowest BCUT2D eigenvalue weighted by molar-refractivity contribution is -0.149. The Kier molecular flexibility index (Phi) is 5.91. The lowest BCUT2D eigenvalue weighted by Gasteiger charge is -2.13. The van der Waals surface area contributed by atoms with Crippen molar-refractivity contribution < 1.29 is 23.0 Å². The molecule has 4 nitrogen and oxygen atoms in total. The number of benzene rings is 1. The molecule has 8 heteroatoms. The SMILES string of the molecule is CC1(C)C(C=C(Cl)Cl)C1C(=O)OC(C#N)c1cccc(OC(F)F)c1. The van der Waals surface area contributed by atoms with Gasteiger partial charge in [0.1, 0.15) is 16.3 Å². The van der Waals surface area contributed by atoms with E-state index in [-0.39, 0.29) is 21.7 Å². The molecule has 1 aliphatic carbocycles. The Hall–Kier alpha value is -1.84. The first-order chi connectivity index (χ1) is 11.7. The van der Waals surface area contributed by atoms with Gasteiger partial charge in [0.05, 0.1) is 5.92 Å². The van der Waals surface area contributed by atoms with Gasteiger partial charge in [0.15, 0.2) is 0 Å². The Morgan fingerprint density at radius 3 is 2.64 bits per heavy atom. The van der Waals surface area contributed by atoms with Gasteiger partial charge < -0.3 is 9.47 Å². The summed E-state index contributed by atoms with van der Waals surface area (Å²) in [6.07, 6.45) is 0.328. The fraction of sp³-hybridized carbons (Fsp3) is 0.412. The molecule has 1 aromatic carbocycles. The van der Waals surface area contributed by atoms with Gasteiger partial charge in [-0.2, -0.15) is 14.0 Å². The average molecular weight is 390 g/mol. The van der Waals surface area contributed by atoms with E-state index in [9.17, 15) is 18.8 Å². The van der Waals surface area contributed by atoms with Crippen LogP contribution in [0.15, 0.2) is 34.8 Å². The Bertz CT molecular complexity index is 727. The van der Waals surface area contributed by atoms with Gasteiger partial charge in [-0.3, -0.25) is 4.79 Å². The number of nitrogens with zero attached hydrogens (tertiary/aromatic N) is 1. The summed E-state index contributed by atoms with van der Waals surface area (Å²) < 4.78 is 34.2. The van der Waals surface area contributed by atoms with Crippen LogP contribution in [0, 0.1) is 28.6 Å². The van der Waals surface area contributed by atoms with Crippen LogP contribution in [-0.4, -0.2) is 12.6 Å². The van der Waals surface area contributed by atoms with Gasteiger partial charge in [-0.15, -0.1) is 0 Å². The van der Waals surface area contributed by atoms with Crippen molar-refractivity contribution in [3.8, 4) is 11.8 Å². The topological polar surface area (TPSA) is 59.3 Å². The zero-order valence-electron chi connectivity index (χ0n) is 13.4. The first-order valence-corrected chi connectivity index (χ1v) is 8.10. The number of halogens is 4. The van der Waals surface area contributed by atoms with Crippen LogP contribution >= 0.6 is 23.2 Å². The fourth-order valence-electron chi connectivity index (χ4n) is 2.79. The van der Waals surface area contributed by atoms with Crippen molar-refractivity contribution >= 4 is 29.2 Å². The predicted molar refractivity (Wildman–Crippen MR) is 88.1 cm³/mol. The average Bonchev–Trinajstić information content (AvgIpc) is 3.04. The highest BCUT2D eigenvalue weighted by molar-refractivity contribution is 6.55. The number of hydrogen-bond acceptors (Lipinski definition) is 4. The molecular formula is C17H15Cl2F2NO3. The summed E-state index contributed by atoms with van der Waals surface area (Å²) in [4.78, 5) is 12.4. The first kappa shape index (κ1) is 19.5. The van der Waals surface area contributed by atoms with Gasteiger partial charge in [0.2, 0.25) is 6.10 Å². The lowest BCUT2D eigenvalue weighted by atomic mass is 10.1. The minimum atomic E-state index is -2.99. The van der Waals surface area contributed by atoms with Crippen LogP contribution in [0.3, 0.4) is 0 Å². The Labute approximate surface area is 153 Å². The maximum Gasteiger partial charge on any atom is 0.387 e. The summed E-state index contributed by atoms with van der Waals surface area (Å²) in [5, 5.41) is 9.27. The second-order valence-electron chi connectivity index (χ2n) is 6.18. The standard InChI is InChI=1S/C17H15Cl2F2NO3/c1-17(2)11(7-13(18)19)14(17)15(23)25-12(8-22)9-4-3-5-10(6-9)24-16(20)21/h3-7,11-12,14,16H,1-2H3. The van der Waals surface area contributed by atoms with Gasteiger partial charge in [0, 0.05) is 5.56 Å². The number of ether oxygens (including phenoxy) is 2. The van der Waals surface area contributed by atoms with E-state index in [1.54, 1.807) is 6.08 Å². The molecule has 0 aromatic heterocycles. The van der Waals surface area contributed by atoms with E-state index in [1.807, 2.05) is 19.9 Å². The van der Waals surface area contributed by atoms with Gasteiger partial charge in [-0.1, -0.05) is 49.2 Å². The molecule has 1 saturated carbocycles. The van der Waals surface area contributed by atoms with E-state index in [4.69, 9.17) is 27.9 Å². The van der Waals surface area contributed by atoms with Crippen molar-refractivity contribution in [3.63, 3.8) is 0 Å². The minimum absolute atomic E-state index is 0.0575. The number of carbonyl (C=O) groups is 1. The van der Waals surface area contributed by atoms with Crippen molar-refractivity contribution in [3.05, 3.63) is 40.4 Å². The predicted octanol–water partition coefficient (Wildman–Crippen LogP) is 4.99. The maximum atomic E-state index is 12.4. The molecule has 0 amide bonds. The molecule has 3 atom stereocenters. The monoisotopic (exact) mass is 389 g/mol. The fourth-order valence-corrected chi connectivity index (χ4v) is 3.06. The van der Waals surface area contributed by atoms with Crippen molar-refractivity contribution in [1.29, 1.82) is 5.26 Å². The molecule has 0 bridgehead atoms. The molecule has 1 aromatic rings. The molecule has 0 aliphatic heterocycles. The summed E-state index contributed by atoms with van der Waals surface area (Å²) >= 11 is 11.3. The quantitative estimate of drug-likeness (QED) is 0.643. The molecule has 0 heterocycles. The zero-order chi connectivity index (χ0) is 18.8. The number of allylic oxidation sites excluding steroid dienone is 1. The Balaban J connectivity index is 2.12. The van der Waals surface area contributed by atoms with Crippen LogP contribution < -0.4 is 4.74 Å². The minimum Gasteiger partial charge on any atom is -0.442 e. The molecule has 0 radical (unpaired) electrons. The molecule has 3 unspecified atom stereocenters. The van der Waals surface area contributed by atoms with Crippen molar-refractivity contribution in [2.45, 2.75) is 26.6 Å². The third-order valence-electron chi connectivity index (χ3n) is 4.21. The third-order valence-corrected chi connectivity index (χ3v) is 4.46. The molecule has 1 aliphatic rings. The number of hydrogen-bond donors (Lipinski definition) is 0. The molecule has 0 N–H and O–H groups in total. The van der Waals surface area contributed by atoms with E-state index in [1.165, 1.54) is 24.3 Å². The molecule has 1 fully saturated rings. The highest BCUT2D eigenvalue weighted by atomic mass is 35.5. The second-order valence-corrected chi connectivity index (χ2v) is 7.19. The van der Waals surface area contributed by atoms with Gasteiger partial charge in [-0.05, 0) is 29.5 Å². The van der Waals surface area contributed by atoms with E-state index in [0.29, 0.717) is 0 Å². The van der Waals surface area contributed by atoms with Gasteiger partial charge >= 0.3 is 12.6 Å². The first-order valence-electron chi connectivity index (χ1n) is 7.34. The Morgan fingerprint density at radius 1 is 1.40 bits per heavy atom. The van der Waals surface area contributed by atoms with Crippen molar-refractivity contribution in [2.75, 3.05) is 0 Å². The maximum absolute atomic E-state index is 12.4. The van der Waals surface area contributed by atoms with Gasteiger partial charge in [-0.25, -0.2) is 0 Å². The van der Waals surface area contributed by atoms with Crippen LogP contribution in [0.1, 0.15) is 25.5 Å². The van der Waals surface area contributed by atoms with Crippen LogP contribution in [0.2, 0.25) is 0 Å². The van der Waals surface area contributed by atoms with E-state index in [2.05, 4.69) is 4.74 Å². The van der Waals surface area contributed by atoms with Crippen LogP contribution in [0.25, 0.3) is 0 Å². The van der Waals surface area contributed by atoms with Crippen molar-refractivity contribution in [2.24, 2.45) is 17.3 Å². The molecule has 0 spiro atoms. The molecule has 2 rings (SSSR count). The summed E-state index contributed by atoms with van der Waals surface area (Å²) in [7, 11) is 0. The molecule has 25 heavy (non-hydrogen) atoms. The van der Waals surface area contributed by atoms with E-state index < -0.39 is 30.0 Å². The number of rotatable bonds is 6. The highest BCUT2D eigenvalue weighted by Gasteiger charge is 2.62. The number of esters is 1. The second kappa shape index (κ2) is 7.59. The van der Waals surface area contributed by atoms with Crippen LogP contribution in [0.4, 0.5) is 8.78 Å². The highest BCUT2D eigenvalue weighted by Crippen LogP contribution is 2.60.